The maximum Gasteiger partial charge on any atom is 0.152 e. The van der Waals surface area contributed by atoms with Gasteiger partial charge in [0, 0.05) is 31.0 Å². The number of aldehydes is 1. The zero-order valence-corrected chi connectivity index (χ0v) is 12.4. The number of carbonyl (C=O) groups is 1. The van der Waals surface area contributed by atoms with Crippen molar-refractivity contribution >= 4 is 27.9 Å². The Kier molecular flexibility index (Phi) is 11.1. The van der Waals surface area contributed by atoms with E-state index in [-0.39, 0.29) is 10.2 Å². The van der Waals surface area contributed by atoms with Crippen molar-refractivity contribution in [2.45, 2.75) is 20.8 Å². The van der Waals surface area contributed by atoms with Crippen LogP contribution < -0.4 is 5.73 Å². The van der Waals surface area contributed by atoms with Crippen molar-refractivity contribution in [1.82, 2.24) is 0 Å². The Hall–Kier alpha value is -0.940. The van der Waals surface area contributed by atoms with E-state index in [4.69, 9.17) is 5.73 Å². The lowest BCUT2D eigenvalue weighted by Gasteiger charge is -2.05. The third-order valence-corrected chi connectivity index (χ3v) is 2.24. The highest BCUT2D eigenvalue weighted by atomic mass is 79.9. The number of carbonyl (C=O) groups excluding carboxylic acids is 1. The number of hydrogen-bond acceptors (Lipinski definition) is 3. The van der Waals surface area contributed by atoms with Gasteiger partial charge in [-0.3, -0.25) is 4.79 Å². The van der Waals surface area contributed by atoms with Crippen molar-refractivity contribution in [3.63, 3.8) is 0 Å². The molecule has 0 heterocycles. The molecule has 5 heteroatoms. The summed E-state index contributed by atoms with van der Waals surface area (Å²) in [5, 5.41) is 0. The molecule has 1 aromatic rings. The largest absolute Gasteiger partial charge is 0.398 e. The van der Waals surface area contributed by atoms with Gasteiger partial charge in [0.05, 0.1) is 4.47 Å². The summed E-state index contributed by atoms with van der Waals surface area (Å²) in [6, 6.07) is 1.37. The van der Waals surface area contributed by atoms with Crippen LogP contribution in [0, 0.1) is 12.7 Å². The topological polar surface area (TPSA) is 52.3 Å². The molecule has 0 aliphatic rings. The molecule has 2 N–H and O–H groups in total. The van der Waals surface area contributed by atoms with E-state index in [1.807, 2.05) is 13.8 Å². The molecule has 0 aliphatic carbocycles. The van der Waals surface area contributed by atoms with Gasteiger partial charge in [0.25, 0.3) is 0 Å². The lowest BCUT2D eigenvalue weighted by molar-refractivity contribution is 0.112. The molecule has 0 saturated heterocycles. The quantitative estimate of drug-likeness (QED) is 0.637. The van der Waals surface area contributed by atoms with Crippen LogP contribution in [-0.2, 0) is 4.74 Å². The van der Waals surface area contributed by atoms with E-state index in [0.29, 0.717) is 17.4 Å². The fourth-order valence-corrected chi connectivity index (χ4v) is 1.43. The van der Waals surface area contributed by atoms with Crippen molar-refractivity contribution in [3.8, 4) is 0 Å². The molecule has 0 fully saturated rings. The van der Waals surface area contributed by atoms with Crippen LogP contribution >= 0.6 is 15.9 Å². The van der Waals surface area contributed by atoms with Crippen LogP contribution in [-0.4, -0.2) is 20.5 Å². The van der Waals surface area contributed by atoms with Crippen LogP contribution in [0.3, 0.4) is 0 Å². The predicted octanol–water partition coefficient (Wildman–Crippen LogP) is 3.58. The predicted molar refractivity (Wildman–Crippen MR) is 72.9 cm³/mol. The van der Waals surface area contributed by atoms with E-state index in [9.17, 15) is 9.18 Å². The monoisotopic (exact) mass is 307 g/mol. The number of benzene rings is 1. The highest BCUT2D eigenvalue weighted by Crippen LogP contribution is 2.26. The smallest absolute Gasteiger partial charge is 0.152 e. The SMILES string of the molecule is CC.COC.Cc1c(N)c(C=O)cc(Br)c1F. The minimum atomic E-state index is -0.418. The van der Waals surface area contributed by atoms with Gasteiger partial charge in [-0.15, -0.1) is 0 Å². The van der Waals surface area contributed by atoms with E-state index in [1.165, 1.54) is 13.0 Å². The number of nitrogen functional groups attached to an aromatic ring is 1. The zero-order valence-electron chi connectivity index (χ0n) is 10.8. The van der Waals surface area contributed by atoms with Crippen LogP contribution in [0.2, 0.25) is 0 Å². The van der Waals surface area contributed by atoms with E-state index in [1.54, 1.807) is 14.2 Å². The van der Waals surface area contributed by atoms with E-state index >= 15 is 0 Å². The summed E-state index contributed by atoms with van der Waals surface area (Å²) >= 11 is 2.98. The molecule has 0 aromatic heterocycles. The molecule has 0 spiro atoms. The van der Waals surface area contributed by atoms with E-state index < -0.39 is 5.82 Å². The molecular weight excluding hydrogens is 289 g/mol. The van der Waals surface area contributed by atoms with E-state index in [0.717, 1.165) is 0 Å². The molecule has 3 nitrogen and oxygen atoms in total. The number of rotatable bonds is 1. The highest BCUT2D eigenvalue weighted by molar-refractivity contribution is 9.10. The molecule has 0 atom stereocenters. The molecule has 1 rings (SSSR count). The third-order valence-electron chi connectivity index (χ3n) is 1.66. The summed E-state index contributed by atoms with van der Waals surface area (Å²) < 4.78 is 17.6. The van der Waals surface area contributed by atoms with Crippen molar-refractivity contribution < 1.29 is 13.9 Å². The first kappa shape index (κ1) is 18.4. The second-order valence-electron chi connectivity index (χ2n) is 2.83. The minimum absolute atomic E-state index is 0.200. The molecule has 98 valence electrons. The summed E-state index contributed by atoms with van der Waals surface area (Å²) in [7, 11) is 3.25. The van der Waals surface area contributed by atoms with Crippen molar-refractivity contribution in [2.75, 3.05) is 20.0 Å². The Balaban J connectivity index is 0. The molecule has 0 saturated carbocycles. The number of halogens is 2. The van der Waals surface area contributed by atoms with Gasteiger partial charge < -0.3 is 10.5 Å². The Bertz CT molecular complexity index is 357. The maximum atomic E-state index is 13.1. The van der Waals surface area contributed by atoms with Gasteiger partial charge in [0.1, 0.15) is 5.82 Å². The van der Waals surface area contributed by atoms with Gasteiger partial charge in [-0.05, 0) is 28.9 Å². The number of methoxy groups -OCH3 is 1. The lowest BCUT2D eigenvalue weighted by Crippen LogP contribution is -1.99. The summed E-state index contributed by atoms with van der Waals surface area (Å²) in [4.78, 5) is 10.4. The Labute approximate surface area is 110 Å². The Morgan fingerprint density at radius 2 is 1.82 bits per heavy atom. The second-order valence-corrected chi connectivity index (χ2v) is 3.68. The van der Waals surface area contributed by atoms with Gasteiger partial charge in [-0.1, -0.05) is 13.8 Å². The van der Waals surface area contributed by atoms with Gasteiger partial charge in [-0.2, -0.15) is 0 Å². The van der Waals surface area contributed by atoms with Gasteiger partial charge in [-0.25, -0.2) is 4.39 Å². The van der Waals surface area contributed by atoms with Crippen molar-refractivity contribution in [1.29, 1.82) is 0 Å². The Morgan fingerprint density at radius 1 is 1.41 bits per heavy atom. The third kappa shape index (κ3) is 5.79. The summed E-state index contributed by atoms with van der Waals surface area (Å²) in [5.74, 6) is -0.418. The molecule has 0 bridgehead atoms. The first-order valence-electron chi connectivity index (χ1n) is 5.08. The number of nitrogens with two attached hydrogens (primary N) is 1. The second kappa shape index (κ2) is 10.2. The van der Waals surface area contributed by atoms with Gasteiger partial charge in [0.15, 0.2) is 6.29 Å². The van der Waals surface area contributed by atoms with Crippen LogP contribution in [0.5, 0.6) is 0 Å². The van der Waals surface area contributed by atoms with Gasteiger partial charge >= 0.3 is 0 Å². The molecule has 17 heavy (non-hydrogen) atoms. The van der Waals surface area contributed by atoms with Gasteiger partial charge in [0.2, 0.25) is 0 Å². The molecule has 0 radical (unpaired) electrons. The van der Waals surface area contributed by atoms with Crippen LogP contribution in [0.15, 0.2) is 10.5 Å². The first-order valence-corrected chi connectivity index (χ1v) is 5.88. The lowest BCUT2D eigenvalue weighted by atomic mass is 10.1. The molecule has 0 amide bonds. The van der Waals surface area contributed by atoms with Crippen molar-refractivity contribution in [3.05, 3.63) is 27.5 Å². The minimum Gasteiger partial charge on any atom is -0.398 e. The molecule has 1 aromatic carbocycles. The molecular formula is C12H19BrFNO2. The zero-order chi connectivity index (χ0) is 14.0. The fraction of sp³-hybridized carbons (Fsp3) is 0.417. The summed E-state index contributed by atoms with van der Waals surface area (Å²) in [6.07, 6.45) is 0.604. The van der Waals surface area contributed by atoms with Crippen molar-refractivity contribution in [2.24, 2.45) is 0 Å². The normalized spacial score (nSPS) is 8.41. The number of anilines is 1. The van der Waals surface area contributed by atoms with E-state index in [2.05, 4.69) is 20.7 Å². The van der Waals surface area contributed by atoms with Crippen LogP contribution in [0.1, 0.15) is 29.8 Å². The molecule has 0 unspecified atom stereocenters. The highest BCUT2D eigenvalue weighted by Gasteiger charge is 2.10. The summed E-state index contributed by atoms with van der Waals surface area (Å²) in [5.41, 5.74) is 6.27. The summed E-state index contributed by atoms with van der Waals surface area (Å²) in [6.45, 7) is 5.53. The first-order chi connectivity index (χ1) is 7.99. The maximum absolute atomic E-state index is 13.1. The Morgan fingerprint density at radius 3 is 2.18 bits per heavy atom. The van der Waals surface area contributed by atoms with Crippen LogP contribution in [0.25, 0.3) is 0 Å². The molecule has 0 aliphatic heterocycles. The number of hydrogen-bond donors (Lipinski definition) is 1. The standard InChI is InChI=1S/C8H7BrFNO.C2H6O.C2H6/c1-4-7(10)6(9)2-5(3-12)8(4)11;1-3-2;1-2/h2-3H,11H2,1H3;1-2H3;1-2H3. The fourth-order valence-electron chi connectivity index (χ4n) is 0.889. The average molecular weight is 308 g/mol. The average Bonchev–Trinajstić information content (AvgIpc) is 2.34. The number of ether oxygens (including phenoxy) is 1. The van der Waals surface area contributed by atoms with Crippen LogP contribution in [0.4, 0.5) is 10.1 Å².